The van der Waals surface area contributed by atoms with Gasteiger partial charge in [0.15, 0.2) is 0 Å². The molecule has 1 aromatic heterocycles. The van der Waals surface area contributed by atoms with Gasteiger partial charge in [-0.15, -0.1) is 0 Å². The second kappa shape index (κ2) is 8.07. The molecule has 0 unspecified atom stereocenters. The van der Waals surface area contributed by atoms with Crippen LogP contribution in [0, 0.1) is 0 Å². The highest BCUT2D eigenvalue weighted by molar-refractivity contribution is 6.05. The van der Waals surface area contributed by atoms with E-state index in [2.05, 4.69) is 20.3 Å². The lowest BCUT2D eigenvalue weighted by atomic mass is 9.95. The van der Waals surface area contributed by atoms with E-state index >= 15 is 0 Å². The Morgan fingerprint density at radius 3 is 2.54 bits per heavy atom. The molecule has 24 heavy (non-hydrogen) atoms. The van der Waals surface area contributed by atoms with Gasteiger partial charge in [-0.05, 0) is 17.7 Å². The van der Waals surface area contributed by atoms with Gasteiger partial charge in [-0.1, -0.05) is 12.1 Å². The van der Waals surface area contributed by atoms with Crippen molar-refractivity contribution in [3.05, 3.63) is 35.4 Å². The fourth-order valence-electron chi connectivity index (χ4n) is 2.43. The van der Waals surface area contributed by atoms with E-state index in [1.54, 1.807) is 44.7 Å². The first kappa shape index (κ1) is 17.4. The van der Waals surface area contributed by atoms with Crippen molar-refractivity contribution in [3.63, 3.8) is 0 Å². The number of aliphatic hydroxyl groups excluding tert-OH is 1. The summed E-state index contributed by atoms with van der Waals surface area (Å²) in [5, 5.41) is 21.9. The van der Waals surface area contributed by atoms with Gasteiger partial charge in [0, 0.05) is 49.8 Å². The third kappa shape index (κ3) is 3.69. The minimum atomic E-state index is -0.0378. The molecule has 0 spiro atoms. The van der Waals surface area contributed by atoms with Gasteiger partial charge >= 0.3 is 0 Å². The smallest absolute Gasteiger partial charge is 0.138 e. The maximum Gasteiger partial charge on any atom is 0.138 e. The van der Waals surface area contributed by atoms with Gasteiger partial charge in [0.05, 0.1) is 6.61 Å². The van der Waals surface area contributed by atoms with Crippen LogP contribution in [0.5, 0.6) is 5.75 Å². The van der Waals surface area contributed by atoms with Gasteiger partial charge in [0.2, 0.25) is 0 Å². The molecule has 1 aromatic carbocycles. The largest absolute Gasteiger partial charge is 0.508 e. The van der Waals surface area contributed by atoms with Crippen LogP contribution in [0.25, 0.3) is 11.1 Å². The van der Waals surface area contributed by atoms with Crippen molar-refractivity contribution < 1.29 is 10.2 Å². The number of nitrogens with zero attached hydrogens (tertiary/aromatic N) is 3. The van der Waals surface area contributed by atoms with Gasteiger partial charge in [-0.25, -0.2) is 4.98 Å². The van der Waals surface area contributed by atoms with Gasteiger partial charge in [-0.3, -0.25) is 9.98 Å². The Bertz CT molecular complexity index is 772. The van der Waals surface area contributed by atoms with Gasteiger partial charge in [0.1, 0.15) is 17.4 Å². The first-order valence-electron chi connectivity index (χ1n) is 7.44. The number of aliphatic hydroxyl groups is 1. The van der Waals surface area contributed by atoms with E-state index in [9.17, 15) is 5.11 Å². The molecule has 126 valence electrons. The Kier molecular flexibility index (Phi) is 5.86. The van der Waals surface area contributed by atoms with E-state index in [-0.39, 0.29) is 12.4 Å². The van der Waals surface area contributed by atoms with Crippen molar-refractivity contribution in [1.29, 1.82) is 0 Å². The molecule has 7 nitrogen and oxygen atoms in total. The molecular formula is C17H21N5O2. The molecule has 0 radical (unpaired) electrons. The number of nitrogens with one attached hydrogen (secondary N) is 1. The number of benzene rings is 1. The lowest BCUT2D eigenvalue weighted by Gasteiger charge is -2.17. The zero-order valence-corrected chi connectivity index (χ0v) is 13.7. The number of hydrogen-bond acceptors (Lipinski definition) is 7. The molecule has 0 amide bonds. The number of phenolic OH excluding ortho intramolecular Hbond substituents is 1. The molecular weight excluding hydrogens is 306 g/mol. The molecule has 2 aromatic rings. The topological polar surface area (TPSA) is 116 Å². The maximum absolute atomic E-state index is 9.83. The third-order valence-corrected chi connectivity index (χ3v) is 3.36. The van der Waals surface area contributed by atoms with Crippen LogP contribution in [0.1, 0.15) is 11.1 Å². The summed E-state index contributed by atoms with van der Waals surface area (Å²) in [6.07, 6.45) is 3.29. The molecule has 0 bridgehead atoms. The normalized spacial score (nSPS) is 11.5. The van der Waals surface area contributed by atoms with Crippen molar-refractivity contribution in [1.82, 2.24) is 4.98 Å². The molecule has 5 N–H and O–H groups in total. The molecule has 0 aliphatic rings. The Balaban J connectivity index is 2.81. The summed E-state index contributed by atoms with van der Waals surface area (Å²) in [5.74, 6) is 0.956. The molecule has 0 aliphatic carbocycles. The van der Waals surface area contributed by atoms with Crippen LogP contribution in [-0.4, -0.2) is 54.9 Å². The van der Waals surface area contributed by atoms with E-state index in [1.807, 2.05) is 6.07 Å². The van der Waals surface area contributed by atoms with Crippen molar-refractivity contribution >= 4 is 24.1 Å². The highest BCUT2D eigenvalue weighted by Crippen LogP contribution is 2.34. The SMILES string of the molecule is CN=Cc1c(N)nc(NCCO)c(C=NC)c1-c1cccc(O)c1. The number of nitrogens with two attached hydrogens (primary N) is 1. The standard InChI is InChI=1S/C17H21N5O2/c1-19-9-13-15(11-4-3-5-12(24)8-11)14(10-20-2)17(21-6-7-23)22-16(13)18/h3-5,8-10,23-24H,6-7H2,1-2H3,(H3,18,21,22). The quantitative estimate of drug-likeness (QED) is 0.601. The van der Waals surface area contributed by atoms with Gasteiger partial charge < -0.3 is 21.3 Å². The molecule has 0 saturated carbocycles. The second-order valence-electron chi connectivity index (χ2n) is 5.02. The molecule has 0 fully saturated rings. The lowest BCUT2D eigenvalue weighted by Crippen LogP contribution is -2.13. The van der Waals surface area contributed by atoms with Gasteiger partial charge in [0.25, 0.3) is 0 Å². The summed E-state index contributed by atoms with van der Waals surface area (Å²) < 4.78 is 0. The number of pyridine rings is 1. The minimum absolute atomic E-state index is 0.0378. The number of rotatable bonds is 6. The minimum Gasteiger partial charge on any atom is -0.508 e. The zero-order valence-electron chi connectivity index (χ0n) is 13.7. The van der Waals surface area contributed by atoms with Crippen LogP contribution >= 0.6 is 0 Å². The van der Waals surface area contributed by atoms with Crippen LogP contribution in [0.3, 0.4) is 0 Å². The summed E-state index contributed by atoms with van der Waals surface area (Å²) in [6.45, 7) is 0.293. The predicted octanol–water partition coefficient (Wildman–Crippen LogP) is 1.54. The predicted molar refractivity (Wildman–Crippen MR) is 98.4 cm³/mol. The van der Waals surface area contributed by atoms with Crippen LogP contribution in [-0.2, 0) is 0 Å². The van der Waals surface area contributed by atoms with E-state index in [0.717, 1.165) is 11.1 Å². The summed E-state index contributed by atoms with van der Waals surface area (Å²) in [5.41, 5.74) is 8.99. The number of hydrogen-bond donors (Lipinski definition) is 4. The summed E-state index contributed by atoms with van der Waals surface area (Å²) >= 11 is 0. The third-order valence-electron chi connectivity index (χ3n) is 3.36. The van der Waals surface area contributed by atoms with Crippen molar-refractivity contribution in [2.75, 3.05) is 38.3 Å². The van der Waals surface area contributed by atoms with Crippen molar-refractivity contribution in [2.24, 2.45) is 9.98 Å². The zero-order chi connectivity index (χ0) is 17.5. The Morgan fingerprint density at radius 2 is 1.92 bits per heavy atom. The number of nitrogen functional groups attached to an aromatic ring is 1. The molecule has 2 rings (SSSR count). The number of phenols is 1. The molecule has 0 saturated heterocycles. The molecule has 1 heterocycles. The Labute approximate surface area is 140 Å². The van der Waals surface area contributed by atoms with E-state index < -0.39 is 0 Å². The van der Waals surface area contributed by atoms with E-state index in [1.165, 1.54) is 0 Å². The highest BCUT2D eigenvalue weighted by Gasteiger charge is 2.18. The second-order valence-corrected chi connectivity index (χ2v) is 5.02. The number of aromatic nitrogens is 1. The lowest BCUT2D eigenvalue weighted by molar-refractivity contribution is 0.311. The van der Waals surface area contributed by atoms with Crippen LogP contribution in [0.4, 0.5) is 11.6 Å². The van der Waals surface area contributed by atoms with E-state index in [0.29, 0.717) is 29.3 Å². The summed E-state index contributed by atoms with van der Waals surface area (Å²) in [6, 6.07) is 6.86. The van der Waals surface area contributed by atoms with Gasteiger partial charge in [-0.2, -0.15) is 0 Å². The fourth-order valence-corrected chi connectivity index (χ4v) is 2.43. The summed E-state index contributed by atoms with van der Waals surface area (Å²) in [7, 11) is 3.31. The molecule has 0 atom stereocenters. The average molecular weight is 327 g/mol. The summed E-state index contributed by atoms with van der Waals surface area (Å²) in [4.78, 5) is 12.5. The van der Waals surface area contributed by atoms with E-state index in [4.69, 9.17) is 10.8 Å². The maximum atomic E-state index is 9.83. The average Bonchev–Trinajstić information content (AvgIpc) is 2.56. The number of aliphatic imine (C=N–C) groups is 2. The van der Waals surface area contributed by atoms with Crippen molar-refractivity contribution in [3.8, 4) is 16.9 Å². The van der Waals surface area contributed by atoms with Crippen LogP contribution in [0.15, 0.2) is 34.3 Å². The monoisotopic (exact) mass is 327 g/mol. The fraction of sp³-hybridized carbons (Fsp3) is 0.235. The van der Waals surface area contributed by atoms with Crippen LogP contribution < -0.4 is 11.1 Å². The highest BCUT2D eigenvalue weighted by atomic mass is 16.3. The first-order chi connectivity index (χ1) is 11.6. The Morgan fingerprint density at radius 1 is 1.21 bits per heavy atom. The Hall–Kier alpha value is -2.93. The molecule has 7 heteroatoms. The number of anilines is 2. The number of aromatic hydroxyl groups is 1. The van der Waals surface area contributed by atoms with Crippen LogP contribution in [0.2, 0.25) is 0 Å². The molecule has 0 aliphatic heterocycles. The first-order valence-corrected chi connectivity index (χ1v) is 7.44. The van der Waals surface area contributed by atoms with Crippen molar-refractivity contribution in [2.45, 2.75) is 0 Å².